The summed E-state index contributed by atoms with van der Waals surface area (Å²) < 4.78 is 0. The second-order valence-electron chi connectivity index (χ2n) is 9.02. The fourth-order valence-corrected chi connectivity index (χ4v) is 5.42. The van der Waals surface area contributed by atoms with Gasteiger partial charge >= 0.3 is 0 Å². The van der Waals surface area contributed by atoms with E-state index in [1.54, 1.807) is 21.9 Å². The molecule has 2 amide bonds. The van der Waals surface area contributed by atoms with Gasteiger partial charge in [-0.25, -0.2) is 0 Å². The molecule has 1 aromatic heterocycles. The molecule has 174 valence electrons. The van der Waals surface area contributed by atoms with Crippen LogP contribution in [0.25, 0.3) is 10.9 Å². The van der Waals surface area contributed by atoms with Gasteiger partial charge in [-0.05, 0) is 22.8 Å². The van der Waals surface area contributed by atoms with Crippen molar-refractivity contribution in [3.05, 3.63) is 111 Å². The molecule has 1 N–H and O–H groups in total. The molecule has 1 unspecified atom stereocenters. The van der Waals surface area contributed by atoms with Crippen LogP contribution in [0.4, 0.5) is 5.69 Å². The lowest BCUT2D eigenvalue weighted by molar-refractivity contribution is -0.384. The molecule has 3 heterocycles. The van der Waals surface area contributed by atoms with Crippen molar-refractivity contribution in [2.45, 2.75) is 25.0 Å². The second-order valence-corrected chi connectivity index (χ2v) is 9.02. The fourth-order valence-electron chi connectivity index (χ4n) is 5.42. The number of fused-ring (bicyclic) bond motifs is 4. The number of nitrogens with zero attached hydrogens (tertiary/aromatic N) is 3. The molecule has 0 saturated carbocycles. The average molecular weight is 466 g/mol. The number of piperazine rings is 1. The molecule has 8 nitrogen and oxygen atoms in total. The molecular weight excluding hydrogens is 444 g/mol. The molecule has 2 aliphatic heterocycles. The topological polar surface area (TPSA) is 99.5 Å². The zero-order valence-corrected chi connectivity index (χ0v) is 18.8. The Morgan fingerprint density at radius 3 is 2.54 bits per heavy atom. The van der Waals surface area contributed by atoms with Crippen molar-refractivity contribution in [1.82, 2.24) is 14.8 Å². The number of nitrogens with one attached hydrogen (secondary N) is 1. The van der Waals surface area contributed by atoms with Gasteiger partial charge in [0.05, 0.1) is 11.0 Å². The summed E-state index contributed by atoms with van der Waals surface area (Å²) in [6.45, 7) is 0.323. The van der Waals surface area contributed by atoms with Crippen LogP contribution < -0.4 is 0 Å². The summed E-state index contributed by atoms with van der Waals surface area (Å²) in [6.07, 6.45) is 0.390. The molecule has 2 aliphatic rings. The molecule has 0 spiro atoms. The van der Waals surface area contributed by atoms with Crippen LogP contribution in [0, 0.1) is 10.1 Å². The smallest absolute Gasteiger partial charge is 0.269 e. The molecule has 2 atom stereocenters. The first-order valence-electron chi connectivity index (χ1n) is 11.5. The Balaban J connectivity index is 1.48. The SMILES string of the molecule is O=C1[C@@H]2Cc3c([nH]c4ccccc34)C(c3cccc([N+](=O)[O-])c3)N2C(=O)CN1Cc1ccccc1. The summed E-state index contributed by atoms with van der Waals surface area (Å²) in [4.78, 5) is 45.1. The van der Waals surface area contributed by atoms with E-state index in [0.29, 0.717) is 18.5 Å². The van der Waals surface area contributed by atoms with E-state index in [2.05, 4.69) is 4.98 Å². The lowest BCUT2D eigenvalue weighted by Crippen LogP contribution is -2.62. The first kappa shape index (κ1) is 21.1. The van der Waals surface area contributed by atoms with E-state index >= 15 is 0 Å². The first-order chi connectivity index (χ1) is 17.0. The van der Waals surface area contributed by atoms with Crippen LogP contribution in [0.2, 0.25) is 0 Å². The molecule has 3 aromatic carbocycles. The molecule has 6 rings (SSSR count). The number of non-ortho nitro benzene ring substituents is 1. The maximum Gasteiger partial charge on any atom is 0.269 e. The Morgan fingerprint density at radius 1 is 0.971 bits per heavy atom. The third kappa shape index (κ3) is 3.45. The van der Waals surface area contributed by atoms with Gasteiger partial charge in [0.2, 0.25) is 11.8 Å². The van der Waals surface area contributed by atoms with Crippen molar-refractivity contribution < 1.29 is 14.5 Å². The van der Waals surface area contributed by atoms with Crippen LogP contribution in [0.1, 0.15) is 28.4 Å². The van der Waals surface area contributed by atoms with E-state index in [0.717, 1.165) is 27.7 Å². The fraction of sp³-hybridized carbons (Fsp3) is 0.185. The van der Waals surface area contributed by atoms with Gasteiger partial charge in [-0.2, -0.15) is 0 Å². The second kappa shape index (κ2) is 8.09. The van der Waals surface area contributed by atoms with E-state index in [-0.39, 0.29) is 24.0 Å². The molecule has 0 bridgehead atoms. The average Bonchev–Trinajstić information content (AvgIpc) is 3.25. The number of carbonyl (C=O) groups excluding carboxylic acids is 2. The molecule has 1 fully saturated rings. The van der Waals surface area contributed by atoms with Crippen LogP contribution in [0.3, 0.4) is 0 Å². The van der Waals surface area contributed by atoms with E-state index in [1.807, 2.05) is 54.6 Å². The highest BCUT2D eigenvalue weighted by molar-refractivity contribution is 5.97. The highest BCUT2D eigenvalue weighted by Crippen LogP contribution is 2.43. The summed E-state index contributed by atoms with van der Waals surface area (Å²) in [5.41, 5.74) is 4.20. The monoisotopic (exact) mass is 466 g/mol. The predicted octanol–water partition coefficient (Wildman–Crippen LogP) is 3.96. The zero-order chi connectivity index (χ0) is 24.1. The number of aromatic amines is 1. The van der Waals surface area contributed by atoms with Gasteiger partial charge in [0.1, 0.15) is 12.6 Å². The summed E-state index contributed by atoms with van der Waals surface area (Å²) in [5.74, 6) is -0.286. The van der Waals surface area contributed by atoms with Crippen LogP contribution >= 0.6 is 0 Å². The highest BCUT2D eigenvalue weighted by atomic mass is 16.6. The van der Waals surface area contributed by atoms with Gasteiger partial charge in [0.25, 0.3) is 5.69 Å². The normalized spacial score (nSPS) is 19.5. The van der Waals surface area contributed by atoms with Crippen LogP contribution in [-0.2, 0) is 22.6 Å². The van der Waals surface area contributed by atoms with Crippen LogP contribution in [-0.4, -0.2) is 44.1 Å². The number of benzene rings is 3. The summed E-state index contributed by atoms with van der Waals surface area (Å²) >= 11 is 0. The Morgan fingerprint density at radius 2 is 1.74 bits per heavy atom. The third-order valence-electron chi connectivity index (χ3n) is 6.96. The number of hydrogen-bond donors (Lipinski definition) is 1. The Bertz CT molecular complexity index is 1480. The Labute approximate surface area is 200 Å². The van der Waals surface area contributed by atoms with Crippen LogP contribution in [0.5, 0.6) is 0 Å². The van der Waals surface area contributed by atoms with Crippen molar-refractivity contribution in [1.29, 1.82) is 0 Å². The van der Waals surface area contributed by atoms with Crippen LogP contribution in [0.15, 0.2) is 78.9 Å². The number of hydrogen-bond acceptors (Lipinski definition) is 4. The number of nitro groups is 1. The molecule has 4 aromatic rings. The number of amides is 2. The Hall–Kier alpha value is -4.46. The van der Waals surface area contributed by atoms with Gasteiger partial charge in [-0.15, -0.1) is 0 Å². The van der Waals surface area contributed by atoms with Gasteiger partial charge in [0.15, 0.2) is 0 Å². The minimum atomic E-state index is -0.684. The maximum absolute atomic E-state index is 13.7. The van der Waals surface area contributed by atoms with Gasteiger partial charge in [-0.1, -0.05) is 60.7 Å². The molecule has 35 heavy (non-hydrogen) atoms. The number of rotatable bonds is 4. The van der Waals surface area contributed by atoms with Crippen molar-refractivity contribution in [2.24, 2.45) is 0 Å². The van der Waals surface area contributed by atoms with Crippen molar-refractivity contribution >= 4 is 28.4 Å². The number of carbonyl (C=O) groups is 2. The number of H-pyrrole nitrogens is 1. The summed E-state index contributed by atoms with van der Waals surface area (Å²) in [7, 11) is 0. The van der Waals surface area contributed by atoms with Gasteiger partial charge in [-0.3, -0.25) is 19.7 Å². The number of aromatic nitrogens is 1. The molecule has 1 saturated heterocycles. The van der Waals surface area contributed by atoms with Crippen molar-refractivity contribution in [2.75, 3.05) is 6.54 Å². The van der Waals surface area contributed by atoms with E-state index < -0.39 is 17.0 Å². The molecule has 8 heteroatoms. The molecule has 0 aliphatic carbocycles. The number of para-hydroxylation sites is 1. The number of nitro benzene ring substituents is 1. The van der Waals surface area contributed by atoms with Crippen molar-refractivity contribution in [3.63, 3.8) is 0 Å². The van der Waals surface area contributed by atoms with E-state index in [4.69, 9.17) is 0 Å². The lowest BCUT2D eigenvalue weighted by Gasteiger charge is -2.47. The van der Waals surface area contributed by atoms with Crippen molar-refractivity contribution in [3.8, 4) is 0 Å². The minimum Gasteiger partial charge on any atom is -0.356 e. The Kier molecular flexibility index (Phi) is 4.88. The largest absolute Gasteiger partial charge is 0.356 e. The van der Waals surface area contributed by atoms with E-state index in [1.165, 1.54) is 12.1 Å². The summed E-state index contributed by atoms with van der Waals surface area (Å²) in [6, 6.07) is 22.5. The molecule has 0 radical (unpaired) electrons. The first-order valence-corrected chi connectivity index (χ1v) is 11.5. The van der Waals surface area contributed by atoms with E-state index in [9.17, 15) is 19.7 Å². The predicted molar refractivity (Wildman–Crippen MR) is 129 cm³/mol. The standard InChI is InChI=1S/C27H22N4O4/c32-24-16-29(15-17-7-2-1-3-8-17)27(33)23-14-21-20-11-4-5-12-22(20)28-25(21)26(30(23)24)18-9-6-10-19(13-18)31(34)35/h1-13,23,26,28H,14-16H2/t23-,26?/m0/s1. The minimum absolute atomic E-state index is 0.0365. The molecular formula is C27H22N4O4. The van der Waals surface area contributed by atoms with Gasteiger partial charge in [0, 0.05) is 41.7 Å². The lowest BCUT2D eigenvalue weighted by atomic mass is 9.86. The zero-order valence-electron chi connectivity index (χ0n) is 18.8. The maximum atomic E-state index is 13.7. The quantitative estimate of drug-likeness (QED) is 0.363. The van der Waals surface area contributed by atoms with Gasteiger partial charge < -0.3 is 14.8 Å². The highest BCUT2D eigenvalue weighted by Gasteiger charge is 2.48. The third-order valence-corrected chi connectivity index (χ3v) is 6.96. The summed E-state index contributed by atoms with van der Waals surface area (Å²) in [5, 5.41) is 12.5.